The van der Waals surface area contributed by atoms with Crippen molar-refractivity contribution < 1.29 is 13.2 Å². The third-order valence-electron chi connectivity index (χ3n) is 2.81. The number of benzene rings is 1. The van der Waals surface area contributed by atoms with Crippen LogP contribution in [0, 0.1) is 6.92 Å². The van der Waals surface area contributed by atoms with Crippen LogP contribution in [0.3, 0.4) is 0 Å². The third-order valence-corrected chi connectivity index (χ3v) is 3.40. The lowest BCUT2D eigenvalue weighted by molar-refractivity contribution is 0.0954. The number of rotatable bonds is 8. The summed E-state index contributed by atoms with van der Waals surface area (Å²) in [5.74, 6) is -0.218. The Morgan fingerprint density at radius 2 is 1.90 bits per heavy atom. The van der Waals surface area contributed by atoms with Crippen LogP contribution in [0.15, 0.2) is 18.2 Å². The molecule has 0 radical (unpaired) electrons. The molecule has 0 fully saturated rings. The van der Waals surface area contributed by atoms with Crippen molar-refractivity contribution in [3.63, 3.8) is 0 Å². The number of anilines is 1. The monoisotopic (exact) mass is 313 g/mol. The summed E-state index contributed by atoms with van der Waals surface area (Å²) in [7, 11) is -3.36. The highest BCUT2D eigenvalue weighted by Gasteiger charge is 2.10. The summed E-state index contributed by atoms with van der Waals surface area (Å²) in [6.07, 6.45) is 2.13. The van der Waals surface area contributed by atoms with Crippen molar-refractivity contribution >= 4 is 21.6 Å². The fourth-order valence-corrected chi connectivity index (χ4v) is 2.36. The van der Waals surface area contributed by atoms with Crippen molar-refractivity contribution in [2.24, 2.45) is 0 Å². The smallest absolute Gasteiger partial charge is 0.251 e. The van der Waals surface area contributed by atoms with Crippen molar-refractivity contribution in [3.8, 4) is 0 Å². The van der Waals surface area contributed by atoms with Gasteiger partial charge in [-0.15, -0.1) is 0 Å². The van der Waals surface area contributed by atoms with E-state index in [-0.39, 0.29) is 5.91 Å². The fourth-order valence-electron chi connectivity index (χ4n) is 1.74. The van der Waals surface area contributed by atoms with Crippen LogP contribution >= 0.6 is 0 Å². The molecule has 0 aliphatic heterocycles. The maximum absolute atomic E-state index is 12.0. The molecule has 1 aromatic rings. The lowest BCUT2D eigenvalue weighted by Gasteiger charge is -2.10. The molecule has 0 heterocycles. The topological polar surface area (TPSA) is 87.3 Å². The molecule has 1 amide bonds. The molecule has 6 nitrogen and oxygen atoms in total. The van der Waals surface area contributed by atoms with Crippen molar-refractivity contribution in [2.45, 2.75) is 20.3 Å². The molecule has 0 unspecified atom stereocenters. The van der Waals surface area contributed by atoms with E-state index in [0.717, 1.165) is 24.8 Å². The molecule has 1 aromatic carbocycles. The minimum atomic E-state index is -3.36. The molecule has 1 rings (SSSR count). The van der Waals surface area contributed by atoms with Gasteiger partial charge in [0.15, 0.2) is 0 Å². The Hall–Kier alpha value is -1.60. The number of hydrogen-bond donors (Lipinski definition) is 3. The number of hydrogen-bond acceptors (Lipinski definition) is 4. The van der Waals surface area contributed by atoms with Crippen LogP contribution in [0.4, 0.5) is 5.69 Å². The van der Waals surface area contributed by atoms with E-state index in [4.69, 9.17) is 0 Å². The van der Waals surface area contributed by atoms with Crippen LogP contribution in [-0.4, -0.2) is 40.2 Å². The molecule has 3 N–H and O–H groups in total. The molecule has 0 atom stereocenters. The molecule has 0 spiro atoms. The SMILES string of the molecule is CCCNCCNC(=O)c1ccc(C)c(NS(C)(=O)=O)c1. The zero-order valence-electron chi connectivity index (χ0n) is 12.7. The highest BCUT2D eigenvalue weighted by atomic mass is 32.2. The van der Waals surface area contributed by atoms with E-state index < -0.39 is 10.0 Å². The number of sulfonamides is 1. The number of amides is 1. The summed E-state index contributed by atoms with van der Waals surface area (Å²) in [6.45, 7) is 6.02. The van der Waals surface area contributed by atoms with Gasteiger partial charge in [-0.05, 0) is 37.6 Å². The summed E-state index contributed by atoms with van der Waals surface area (Å²) < 4.78 is 25.0. The van der Waals surface area contributed by atoms with Crippen LogP contribution < -0.4 is 15.4 Å². The second-order valence-corrected chi connectivity index (χ2v) is 6.66. The maximum Gasteiger partial charge on any atom is 0.251 e. The van der Waals surface area contributed by atoms with Gasteiger partial charge in [0, 0.05) is 18.7 Å². The van der Waals surface area contributed by atoms with Gasteiger partial charge in [-0.3, -0.25) is 9.52 Å². The van der Waals surface area contributed by atoms with Gasteiger partial charge in [0.1, 0.15) is 0 Å². The highest BCUT2D eigenvalue weighted by Crippen LogP contribution is 2.17. The Bertz CT molecular complexity index is 585. The zero-order valence-corrected chi connectivity index (χ0v) is 13.5. The van der Waals surface area contributed by atoms with E-state index in [1.807, 2.05) is 0 Å². The Morgan fingerprint density at radius 1 is 1.19 bits per heavy atom. The summed E-state index contributed by atoms with van der Waals surface area (Å²) >= 11 is 0. The number of carbonyl (C=O) groups excluding carboxylic acids is 1. The van der Waals surface area contributed by atoms with Gasteiger partial charge in [-0.2, -0.15) is 0 Å². The first-order valence-electron chi connectivity index (χ1n) is 6.91. The molecule has 118 valence electrons. The van der Waals surface area contributed by atoms with Crippen molar-refractivity contribution in [1.29, 1.82) is 0 Å². The average molecular weight is 313 g/mol. The second kappa shape index (κ2) is 7.99. The molecular weight excluding hydrogens is 290 g/mol. The van der Waals surface area contributed by atoms with Crippen LogP contribution in [0.1, 0.15) is 29.3 Å². The summed E-state index contributed by atoms with van der Waals surface area (Å²) in [5.41, 5.74) is 1.62. The molecule has 21 heavy (non-hydrogen) atoms. The predicted molar refractivity (Wildman–Crippen MR) is 85.1 cm³/mol. The van der Waals surface area contributed by atoms with Gasteiger partial charge >= 0.3 is 0 Å². The summed E-state index contributed by atoms with van der Waals surface area (Å²) in [5, 5.41) is 5.98. The van der Waals surface area contributed by atoms with Gasteiger partial charge in [-0.25, -0.2) is 8.42 Å². The van der Waals surface area contributed by atoms with Gasteiger partial charge in [-0.1, -0.05) is 13.0 Å². The molecule has 0 aliphatic rings. The molecule has 0 saturated carbocycles. The Morgan fingerprint density at radius 3 is 2.52 bits per heavy atom. The number of carbonyl (C=O) groups is 1. The fraction of sp³-hybridized carbons (Fsp3) is 0.500. The Kier molecular flexibility index (Phi) is 6.64. The van der Waals surface area contributed by atoms with Crippen LogP contribution in [0.2, 0.25) is 0 Å². The molecule has 0 bridgehead atoms. The van der Waals surface area contributed by atoms with Crippen LogP contribution in [-0.2, 0) is 10.0 Å². The largest absolute Gasteiger partial charge is 0.351 e. The summed E-state index contributed by atoms with van der Waals surface area (Å²) in [4.78, 5) is 12.0. The van der Waals surface area contributed by atoms with Gasteiger partial charge in [0.2, 0.25) is 10.0 Å². The van der Waals surface area contributed by atoms with Gasteiger partial charge in [0.05, 0.1) is 11.9 Å². The molecule has 0 aliphatic carbocycles. The summed E-state index contributed by atoms with van der Waals surface area (Å²) in [6, 6.07) is 4.94. The first kappa shape index (κ1) is 17.5. The lowest BCUT2D eigenvalue weighted by Crippen LogP contribution is -2.32. The van der Waals surface area contributed by atoms with Crippen molar-refractivity contribution in [3.05, 3.63) is 29.3 Å². The van der Waals surface area contributed by atoms with Crippen molar-refractivity contribution in [2.75, 3.05) is 30.6 Å². The Balaban J connectivity index is 2.66. The quantitative estimate of drug-likeness (QED) is 0.627. The average Bonchev–Trinajstić information content (AvgIpc) is 2.39. The third kappa shape index (κ3) is 6.59. The minimum Gasteiger partial charge on any atom is -0.351 e. The zero-order chi connectivity index (χ0) is 15.9. The van der Waals surface area contributed by atoms with E-state index in [9.17, 15) is 13.2 Å². The molecule has 0 aromatic heterocycles. The maximum atomic E-state index is 12.0. The molecular formula is C14H23N3O3S. The van der Waals surface area contributed by atoms with E-state index >= 15 is 0 Å². The molecule has 0 saturated heterocycles. The highest BCUT2D eigenvalue weighted by molar-refractivity contribution is 7.92. The number of aryl methyl sites for hydroxylation is 1. The van der Waals surface area contributed by atoms with Gasteiger partial charge < -0.3 is 10.6 Å². The number of nitrogens with one attached hydrogen (secondary N) is 3. The standard InChI is InChI=1S/C14H23N3O3S/c1-4-7-15-8-9-16-14(18)12-6-5-11(2)13(10-12)17-21(3,19)20/h5-6,10,15,17H,4,7-9H2,1-3H3,(H,16,18). The Labute approximate surface area is 126 Å². The second-order valence-electron chi connectivity index (χ2n) is 4.91. The van der Waals surface area contributed by atoms with E-state index in [2.05, 4.69) is 22.3 Å². The van der Waals surface area contributed by atoms with Gasteiger partial charge in [0.25, 0.3) is 5.91 Å². The van der Waals surface area contributed by atoms with Crippen LogP contribution in [0.25, 0.3) is 0 Å². The first-order chi connectivity index (χ1) is 9.83. The van der Waals surface area contributed by atoms with E-state index in [1.165, 1.54) is 0 Å². The first-order valence-corrected chi connectivity index (χ1v) is 8.80. The molecule has 7 heteroatoms. The predicted octanol–water partition coefficient (Wildman–Crippen LogP) is 1.10. The van der Waals surface area contributed by atoms with Crippen molar-refractivity contribution in [1.82, 2.24) is 10.6 Å². The normalized spacial score (nSPS) is 11.2. The van der Waals surface area contributed by atoms with E-state index in [0.29, 0.717) is 24.3 Å². The van der Waals surface area contributed by atoms with Crippen LogP contribution in [0.5, 0.6) is 0 Å². The van der Waals surface area contributed by atoms with E-state index in [1.54, 1.807) is 25.1 Å². The lowest BCUT2D eigenvalue weighted by atomic mass is 10.1. The minimum absolute atomic E-state index is 0.218.